The van der Waals surface area contributed by atoms with Gasteiger partial charge in [-0.2, -0.15) is 5.26 Å². The van der Waals surface area contributed by atoms with Crippen molar-refractivity contribution in [3.05, 3.63) is 70.7 Å². The Morgan fingerprint density at radius 1 is 1.11 bits per heavy atom. The summed E-state index contributed by atoms with van der Waals surface area (Å²) >= 11 is 6.72. The van der Waals surface area contributed by atoms with E-state index in [2.05, 4.69) is 58.7 Å². The van der Waals surface area contributed by atoms with Crippen molar-refractivity contribution in [1.29, 1.82) is 5.26 Å². The summed E-state index contributed by atoms with van der Waals surface area (Å²) in [4.78, 5) is 32.1. The van der Waals surface area contributed by atoms with Crippen molar-refractivity contribution in [3.8, 4) is 6.07 Å². The molecule has 2 aromatic carbocycles. The number of piperazine rings is 1. The van der Waals surface area contributed by atoms with E-state index in [1.165, 1.54) is 12.8 Å². The quantitative estimate of drug-likeness (QED) is 0.374. The zero-order valence-corrected chi connectivity index (χ0v) is 26.1. The van der Waals surface area contributed by atoms with Gasteiger partial charge in [0.15, 0.2) is 0 Å². The maximum Gasteiger partial charge on any atom is 0.251 e. The fourth-order valence-electron chi connectivity index (χ4n) is 7.08. The number of carbonyl (C=O) groups is 1. The minimum absolute atomic E-state index is 0.147. The first-order valence-corrected chi connectivity index (χ1v) is 16.0. The molecule has 3 aliphatic rings. The van der Waals surface area contributed by atoms with Crippen LogP contribution in [0.4, 0.5) is 11.5 Å². The summed E-state index contributed by atoms with van der Waals surface area (Å²) in [6.07, 6.45) is 5.22. The van der Waals surface area contributed by atoms with Crippen LogP contribution in [-0.2, 0) is 24.2 Å². The number of rotatable bonds is 8. The molecule has 3 aromatic rings. The first-order chi connectivity index (χ1) is 21.4. The molecule has 10 heteroatoms. The van der Waals surface area contributed by atoms with Gasteiger partial charge >= 0.3 is 0 Å². The van der Waals surface area contributed by atoms with E-state index in [-0.39, 0.29) is 23.9 Å². The summed E-state index contributed by atoms with van der Waals surface area (Å²) in [5, 5.41) is 22.0. The average Bonchev–Trinajstić information content (AvgIpc) is 3.46. The Morgan fingerprint density at radius 2 is 1.93 bits per heavy atom. The number of halogens is 1. The molecular weight excluding hydrogens is 574 g/mol. The monoisotopic (exact) mass is 613 g/mol. The first kappa shape index (κ1) is 30.3. The van der Waals surface area contributed by atoms with E-state index in [1.54, 1.807) is 4.90 Å². The van der Waals surface area contributed by atoms with E-state index in [1.807, 2.05) is 12.1 Å². The van der Waals surface area contributed by atoms with E-state index < -0.39 is 6.61 Å². The van der Waals surface area contributed by atoms with Gasteiger partial charge in [0, 0.05) is 60.9 Å². The highest BCUT2D eigenvalue weighted by Gasteiger charge is 2.34. The van der Waals surface area contributed by atoms with Crippen LogP contribution >= 0.6 is 11.6 Å². The summed E-state index contributed by atoms with van der Waals surface area (Å²) in [5.41, 5.74) is 3.43. The summed E-state index contributed by atoms with van der Waals surface area (Å²) in [7, 11) is 2.20. The fourth-order valence-corrected chi connectivity index (χ4v) is 7.36. The number of likely N-dealkylation sites (tertiary alicyclic amines) is 1. The highest BCUT2D eigenvalue weighted by molar-refractivity contribution is 6.36. The minimum atomic E-state index is -0.393. The summed E-state index contributed by atoms with van der Waals surface area (Å²) in [6.45, 7) is 7.45. The Labute approximate surface area is 264 Å². The van der Waals surface area contributed by atoms with E-state index in [0.29, 0.717) is 32.2 Å². The zero-order chi connectivity index (χ0) is 30.8. The van der Waals surface area contributed by atoms with Crippen LogP contribution in [0.25, 0.3) is 10.8 Å². The zero-order valence-electron chi connectivity index (χ0n) is 25.4. The van der Waals surface area contributed by atoms with Crippen molar-refractivity contribution in [2.75, 3.05) is 56.2 Å². The number of aliphatic hydroxyl groups is 1. The lowest BCUT2D eigenvalue weighted by atomic mass is 10.00. The van der Waals surface area contributed by atoms with Gasteiger partial charge in [0.1, 0.15) is 11.6 Å². The first-order valence-electron chi connectivity index (χ1n) is 15.6. The van der Waals surface area contributed by atoms with Gasteiger partial charge in [-0.25, -0.2) is 9.97 Å². The number of hydrogen-bond donors (Lipinski definition) is 1. The largest absolute Gasteiger partial charge is 0.391 e. The lowest BCUT2D eigenvalue weighted by Crippen LogP contribution is -2.56. The molecule has 2 saturated heterocycles. The molecular formula is C34H40ClN7O2. The smallest absolute Gasteiger partial charge is 0.251 e. The molecule has 0 aliphatic carbocycles. The molecule has 0 spiro atoms. The van der Waals surface area contributed by atoms with Gasteiger partial charge in [0.25, 0.3) is 5.91 Å². The number of benzene rings is 2. The number of hydrogen-bond acceptors (Lipinski definition) is 8. The molecule has 6 rings (SSSR count). The molecule has 4 heterocycles. The SMILES string of the molecule is C=C(CO)C(=O)N1CCN(c2nc(CC[C@@H]3CCCN3C)nc3c2CCN(c2cccc4cccc(Cl)c24)C3)C[C@@H]1CC#N. The molecule has 0 bridgehead atoms. The fraction of sp³-hybridized carbons (Fsp3) is 0.471. The second kappa shape index (κ2) is 13.1. The van der Waals surface area contributed by atoms with E-state index in [4.69, 9.17) is 21.6 Å². The Kier molecular flexibility index (Phi) is 9.03. The van der Waals surface area contributed by atoms with Gasteiger partial charge in [0.2, 0.25) is 0 Å². The molecule has 2 atom stereocenters. The number of amides is 1. The molecule has 230 valence electrons. The average molecular weight is 614 g/mol. The van der Waals surface area contributed by atoms with Crippen LogP contribution in [0.15, 0.2) is 48.6 Å². The van der Waals surface area contributed by atoms with E-state index in [9.17, 15) is 15.2 Å². The number of nitrogens with zero attached hydrogens (tertiary/aromatic N) is 7. The number of nitriles is 1. The van der Waals surface area contributed by atoms with Crippen LogP contribution in [0.1, 0.15) is 42.8 Å². The number of aromatic nitrogens is 2. The van der Waals surface area contributed by atoms with Crippen LogP contribution in [0, 0.1) is 11.3 Å². The number of aryl methyl sites for hydroxylation is 1. The van der Waals surface area contributed by atoms with Crippen molar-refractivity contribution >= 4 is 39.8 Å². The molecule has 1 N–H and O–H groups in total. The van der Waals surface area contributed by atoms with Crippen molar-refractivity contribution in [3.63, 3.8) is 0 Å². The number of aliphatic hydroxyl groups excluding tert-OH is 1. The lowest BCUT2D eigenvalue weighted by molar-refractivity contribution is -0.130. The van der Waals surface area contributed by atoms with Crippen molar-refractivity contribution < 1.29 is 9.90 Å². The van der Waals surface area contributed by atoms with Crippen LogP contribution in [0.2, 0.25) is 5.02 Å². The topological polar surface area (TPSA) is 99.8 Å². The Balaban J connectivity index is 1.33. The van der Waals surface area contributed by atoms with Gasteiger partial charge < -0.3 is 24.7 Å². The normalized spacial score (nSPS) is 20.5. The van der Waals surface area contributed by atoms with Gasteiger partial charge in [-0.15, -0.1) is 0 Å². The number of carbonyl (C=O) groups excluding carboxylic acids is 1. The Bertz CT molecular complexity index is 1600. The van der Waals surface area contributed by atoms with Crippen LogP contribution in [0.3, 0.4) is 0 Å². The standard InChI is InChI=1S/C34H40ClN7O2/c1-23(22-43)34(44)42-19-18-41(20-26(42)13-15-36)33-27-14-17-40(30-10-4-7-24-6-3-9-28(35)32(24)30)21-29(27)37-31(38-33)12-11-25-8-5-16-39(25)2/h3-4,6-7,9-10,25-26,43H,1,5,8,11-14,16-22H2,2H3/t25-,26-/m0/s1. The molecule has 2 fully saturated rings. The maximum atomic E-state index is 13.0. The van der Waals surface area contributed by atoms with Gasteiger partial charge in [-0.1, -0.05) is 42.4 Å². The Morgan fingerprint density at radius 3 is 2.68 bits per heavy atom. The third kappa shape index (κ3) is 5.99. The van der Waals surface area contributed by atoms with Crippen molar-refractivity contribution in [2.24, 2.45) is 0 Å². The van der Waals surface area contributed by atoms with Gasteiger partial charge in [-0.3, -0.25) is 4.79 Å². The summed E-state index contributed by atoms with van der Waals surface area (Å²) in [5.74, 6) is 1.49. The Hall–Kier alpha value is -3.71. The van der Waals surface area contributed by atoms with Crippen LogP contribution in [0.5, 0.6) is 0 Å². The number of fused-ring (bicyclic) bond motifs is 2. The summed E-state index contributed by atoms with van der Waals surface area (Å²) in [6, 6.07) is 14.8. The van der Waals surface area contributed by atoms with Crippen molar-refractivity contribution in [1.82, 2.24) is 19.8 Å². The van der Waals surface area contributed by atoms with Crippen LogP contribution < -0.4 is 9.80 Å². The van der Waals surface area contributed by atoms with E-state index in [0.717, 1.165) is 76.7 Å². The predicted octanol–water partition coefficient (Wildman–Crippen LogP) is 4.35. The molecule has 1 amide bonds. The second-order valence-electron chi connectivity index (χ2n) is 12.2. The van der Waals surface area contributed by atoms with Crippen molar-refractivity contribution in [2.45, 2.75) is 57.2 Å². The molecule has 1 aromatic heterocycles. The molecule has 44 heavy (non-hydrogen) atoms. The molecule has 0 saturated carbocycles. The molecule has 0 radical (unpaired) electrons. The highest BCUT2D eigenvalue weighted by atomic mass is 35.5. The van der Waals surface area contributed by atoms with Gasteiger partial charge in [0.05, 0.1) is 42.4 Å². The molecule has 9 nitrogen and oxygen atoms in total. The van der Waals surface area contributed by atoms with E-state index >= 15 is 0 Å². The van der Waals surface area contributed by atoms with Crippen LogP contribution in [-0.4, -0.2) is 89.2 Å². The third-order valence-electron chi connectivity index (χ3n) is 9.50. The predicted molar refractivity (Wildman–Crippen MR) is 174 cm³/mol. The minimum Gasteiger partial charge on any atom is -0.391 e. The molecule has 0 unspecified atom stereocenters. The number of anilines is 2. The lowest BCUT2D eigenvalue weighted by Gasteiger charge is -2.42. The second-order valence-corrected chi connectivity index (χ2v) is 12.6. The summed E-state index contributed by atoms with van der Waals surface area (Å²) < 4.78 is 0. The molecule has 3 aliphatic heterocycles. The highest BCUT2D eigenvalue weighted by Crippen LogP contribution is 2.37. The van der Waals surface area contributed by atoms with Gasteiger partial charge in [-0.05, 0) is 56.8 Å². The maximum absolute atomic E-state index is 13.0. The third-order valence-corrected chi connectivity index (χ3v) is 9.81.